The van der Waals surface area contributed by atoms with E-state index in [-0.39, 0.29) is 18.5 Å². The number of benzene rings is 3. The molecule has 0 fully saturated rings. The molecule has 5 aromatic rings. The number of anilines is 1. The number of carbonyl (C=O) groups is 1. The van der Waals surface area contributed by atoms with Crippen molar-refractivity contribution in [3.05, 3.63) is 89.2 Å². The summed E-state index contributed by atoms with van der Waals surface area (Å²) in [7, 11) is 0. The molecule has 0 bridgehead atoms. The van der Waals surface area contributed by atoms with Crippen LogP contribution in [0.1, 0.15) is 42.4 Å². The van der Waals surface area contributed by atoms with Crippen LogP contribution in [-0.4, -0.2) is 39.2 Å². The second kappa shape index (κ2) is 12.4. The third-order valence-electron chi connectivity index (χ3n) is 6.31. The highest BCUT2D eigenvalue weighted by Crippen LogP contribution is 2.34. The van der Waals surface area contributed by atoms with Gasteiger partial charge in [-0.15, -0.1) is 5.10 Å². The first kappa shape index (κ1) is 26.2. The summed E-state index contributed by atoms with van der Waals surface area (Å²) in [5.74, 6) is 1.71. The van der Waals surface area contributed by atoms with Crippen molar-refractivity contribution >= 4 is 34.2 Å². The largest absolute Gasteiger partial charge is 0.491 e. The Morgan fingerprint density at radius 1 is 1.10 bits per heavy atom. The van der Waals surface area contributed by atoms with Crippen LogP contribution in [-0.2, 0) is 6.54 Å². The zero-order chi connectivity index (χ0) is 27.0. The van der Waals surface area contributed by atoms with Crippen LogP contribution in [0.3, 0.4) is 0 Å². The van der Waals surface area contributed by atoms with E-state index in [4.69, 9.17) is 20.8 Å². The molecule has 3 aromatic carbocycles. The number of tetrazole rings is 1. The molecular weight excluding hydrogens is 516 g/mol. The number of para-hydroxylation sites is 1. The SMILES string of the molecule is CCCC[C@@H](COc1ccc(-c2cc3ccccc3o2)c(Cl)c1)Nc1ccc(C(=O)NCc2nnn[nH]2)cc1. The maximum absolute atomic E-state index is 12.4. The molecule has 200 valence electrons. The first-order valence-electron chi connectivity index (χ1n) is 12.9. The Morgan fingerprint density at radius 3 is 2.69 bits per heavy atom. The number of fused-ring (bicyclic) bond motifs is 1. The number of amides is 1. The number of unbranched alkanes of at least 4 members (excludes halogenated alkanes) is 1. The lowest BCUT2D eigenvalue weighted by molar-refractivity contribution is 0.0950. The quantitative estimate of drug-likeness (QED) is 0.170. The van der Waals surface area contributed by atoms with Crippen molar-refractivity contribution in [2.75, 3.05) is 11.9 Å². The number of hydrogen-bond donors (Lipinski definition) is 3. The van der Waals surface area contributed by atoms with Crippen LogP contribution in [0, 0.1) is 0 Å². The molecule has 0 aliphatic heterocycles. The van der Waals surface area contributed by atoms with E-state index in [0.29, 0.717) is 28.8 Å². The first-order chi connectivity index (χ1) is 19.1. The monoisotopic (exact) mass is 544 g/mol. The van der Waals surface area contributed by atoms with Gasteiger partial charge in [-0.05, 0) is 71.4 Å². The van der Waals surface area contributed by atoms with Gasteiger partial charge in [0.25, 0.3) is 5.91 Å². The molecule has 39 heavy (non-hydrogen) atoms. The smallest absolute Gasteiger partial charge is 0.251 e. The van der Waals surface area contributed by atoms with Crippen LogP contribution >= 0.6 is 11.6 Å². The fraction of sp³-hybridized carbons (Fsp3) is 0.241. The summed E-state index contributed by atoms with van der Waals surface area (Å²) in [5, 5.41) is 21.3. The zero-order valence-corrected chi connectivity index (χ0v) is 22.2. The summed E-state index contributed by atoms with van der Waals surface area (Å²) in [5.41, 5.74) is 3.11. The summed E-state index contributed by atoms with van der Waals surface area (Å²) >= 11 is 6.61. The van der Waals surface area contributed by atoms with Crippen molar-refractivity contribution in [1.29, 1.82) is 0 Å². The van der Waals surface area contributed by atoms with Crippen LogP contribution in [0.25, 0.3) is 22.3 Å². The summed E-state index contributed by atoms with van der Waals surface area (Å²) in [4.78, 5) is 12.4. The maximum Gasteiger partial charge on any atom is 0.251 e. The van der Waals surface area contributed by atoms with E-state index >= 15 is 0 Å². The van der Waals surface area contributed by atoms with Gasteiger partial charge in [0, 0.05) is 22.2 Å². The Kier molecular flexibility index (Phi) is 8.38. The predicted molar refractivity (Wildman–Crippen MR) is 151 cm³/mol. The molecule has 2 aromatic heterocycles. The average molecular weight is 545 g/mol. The number of hydrogen-bond acceptors (Lipinski definition) is 7. The molecule has 5 rings (SSSR count). The van der Waals surface area contributed by atoms with Crippen LogP contribution in [0.2, 0.25) is 5.02 Å². The Labute approximate surface area is 230 Å². The van der Waals surface area contributed by atoms with Crippen molar-refractivity contribution < 1.29 is 13.9 Å². The van der Waals surface area contributed by atoms with Crippen molar-refractivity contribution in [1.82, 2.24) is 25.9 Å². The van der Waals surface area contributed by atoms with E-state index in [1.807, 2.05) is 60.7 Å². The van der Waals surface area contributed by atoms with E-state index in [2.05, 4.69) is 38.2 Å². The van der Waals surface area contributed by atoms with Gasteiger partial charge in [-0.25, -0.2) is 5.10 Å². The Bertz CT molecular complexity index is 1490. The molecule has 0 saturated carbocycles. The average Bonchev–Trinajstić information content (AvgIpc) is 3.63. The van der Waals surface area contributed by atoms with Gasteiger partial charge in [0.2, 0.25) is 0 Å². The Balaban J connectivity index is 1.19. The molecule has 0 saturated heterocycles. The highest BCUT2D eigenvalue weighted by atomic mass is 35.5. The first-order valence-corrected chi connectivity index (χ1v) is 13.3. The van der Waals surface area contributed by atoms with Gasteiger partial charge in [0.1, 0.15) is 23.7 Å². The summed E-state index contributed by atoms with van der Waals surface area (Å²) in [6.45, 7) is 2.86. The number of aromatic nitrogens is 4. The minimum absolute atomic E-state index is 0.0809. The van der Waals surface area contributed by atoms with E-state index in [0.717, 1.165) is 47.2 Å². The lowest BCUT2D eigenvalue weighted by Gasteiger charge is -2.21. The number of rotatable bonds is 12. The topological polar surface area (TPSA) is 118 Å². The molecule has 0 unspecified atom stereocenters. The number of furan rings is 1. The van der Waals surface area contributed by atoms with Gasteiger partial charge in [-0.1, -0.05) is 49.6 Å². The fourth-order valence-corrected chi connectivity index (χ4v) is 4.48. The van der Waals surface area contributed by atoms with Crippen LogP contribution in [0.15, 0.2) is 77.2 Å². The van der Waals surface area contributed by atoms with Gasteiger partial charge in [0.05, 0.1) is 17.6 Å². The molecule has 1 amide bonds. The number of carbonyl (C=O) groups excluding carboxylic acids is 1. The molecular formula is C29H29ClN6O3. The number of nitrogens with one attached hydrogen (secondary N) is 3. The highest BCUT2D eigenvalue weighted by Gasteiger charge is 2.14. The van der Waals surface area contributed by atoms with Gasteiger partial charge < -0.3 is 19.8 Å². The molecule has 10 heteroatoms. The molecule has 3 N–H and O–H groups in total. The Morgan fingerprint density at radius 2 is 1.95 bits per heavy atom. The van der Waals surface area contributed by atoms with E-state index in [1.165, 1.54) is 0 Å². The zero-order valence-electron chi connectivity index (χ0n) is 21.5. The van der Waals surface area contributed by atoms with Crippen LogP contribution in [0.4, 0.5) is 5.69 Å². The van der Waals surface area contributed by atoms with Gasteiger partial charge in [-0.3, -0.25) is 4.79 Å². The van der Waals surface area contributed by atoms with E-state index in [1.54, 1.807) is 12.1 Å². The van der Waals surface area contributed by atoms with Crippen molar-refractivity contribution in [3.8, 4) is 17.1 Å². The van der Waals surface area contributed by atoms with Gasteiger partial charge >= 0.3 is 0 Å². The fourth-order valence-electron chi connectivity index (χ4n) is 4.22. The number of nitrogens with zero attached hydrogens (tertiary/aromatic N) is 3. The second-order valence-corrected chi connectivity index (χ2v) is 9.60. The molecule has 0 spiro atoms. The summed E-state index contributed by atoms with van der Waals surface area (Å²) < 4.78 is 12.1. The molecule has 0 radical (unpaired) electrons. The molecule has 0 aliphatic rings. The van der Waals surface area contributed by atoms with Crippen LogP contribution in [0.5, 0.6) is 5.75 Å². The molecule has 2 heterocycles. The van der Waals surface area contributed by atoms with E-state index in [9.17, 15) is 4.79 Å². The second-order valence-electron chi connectivity index (χ2n) is 9.19. The number of halogens is 1. The molecule has 0 aliphatic carbocycles. The normalized spacial score (nSPS) is 11.8. The maximum atomic E-state index is 12.4. The molecule has 1 atom stereocenters. The minimum Gasteiger partial charge on any atom is -0.491 e. The summed E-state index contributed by atoms with van der Waals surface area (Å²) in [6, 6.07) is 23.0. The predicted octanol–water partition coefficient (Wildman–Crippen LogP) is 6.25. The third kappa shape index (κ3) is 6.74. The molecule has 9 nitrogen and oxygen atoms in total. The standard InChI is InChI=1S/C29H29ClN6O3/c1-2-3-7-22(32-21-11-9-19(10-12-21)29(37)31-17-28-33-35-36-34-28)18-38-23-13-14-24(25(30)16-23)27-15-20-6-4-5-8-26(20)39-27/h4-6,8-16,22,32H,2-3,7,17-18H2,1H3,(H,31,37)(H,33,34,35,36)/t22-/m0/s1. The Hall–Kier alpha value is -4.37. The number of aromatic amines is 1. The lowest BCUT2D eigenvalue weighted by atomic mass is 10.1. The summed E-state index contributed by atoms with van der Waals surface area (Å²) in [6.07, 6.45) is 3.08. The lowest BCUT2D eigenvalue weighted by Crippen LogP contribution is -2.27. The van der Waals surface area contributed by atoms with Gasteiger partial charge in [0.15, 0.2) is 5.82 Å². The van der Waals surface area contributed by atoms with Crippen LogP contribution < -0.4 is 15.4 Å². The van der Waals surface area contributed by atoms with Crippen molar-refractivity contribution in [2.24, 2.45) is 0 Å². The minimum atomic E-state index is -0.202. The number of H-pyrrole nitrogens is 1. The third-order valence-corrected chi connectivity index (χ3v) is 6.63. The van der Waals surface area contributed by atoms with Gasteiger partial charge in [-0.2, -0.15) is 0 Å². The number of ether oxygens (including phenoxy) is 1. The van der Waals surface area contributed by atoms with Crippen molar-refractivity contribution in [2.45, 2.75) is 38.8 Å². The van der Waals surface area contributed by atoms with E-state index < -0.39 is 0 Å². The van der Waals surface area contributed by atoms with Crippen molar-refractivity contribution in [3.63, 3.8) is 0 Å². The highest BCUT2D eigenvalue weighted by molar-refractivity contribution is 6.33.